The summed E-state index contributed by atoms with van der Waals surface area (Å²) in [6, 6.07) is 12.6. The molecule has 0 saturated carbocycles. The summed E-state index contributed by atoms with van der Waals surface area (Å²) in [5.41, 5.74) is 0.160. The first-order chi connectivity index (χ1) is 11.6. The normalized spacial score (nSPS) is 13.2. The number of rotatable bonds is 9. The minimum atomic E-state index is -1.35. The van der Waals surface area contributed by atoms with Crippen LogP contribution in [0.25, 0.3) is 0 Å². The van der Waals surface area contributed by atoms with Crippen LogP contribution in [-0.4, -0.2) is 28.1 Å². The predicted octanol–water partition coefficient (Wildman–Crippen LogP) is 3.40. The van der Waals surface area contributed by atoms with Crippen LogP contribution in [0.3, 0.4) is 0 Å². The summed E-state index contributed by atoms with van der Waals surface area (Å²) < 4.78 is 22.9. The number of benzene rings is 1. The van der Waals surface area contributed by atoms with Gasteiger partial charge >= 0.3 is 5.97 Å². The molecule has 0 amide bonds. The number of methoxy groups -OCH3 is 1. The first kappa shape index (κ1) is 18.0. The number of aryl methyl sites for hydroxylation is 1. The summed E-state index contributed by atoms with van der Waals surface area (Å²) in [5.74, 6) is 0.0650. The molecule has 6 heteroatoms. The fraction of sp³-hybridized carbons (Fsp3) is 0.278. The topological polar surface area (TPSA) is 76.7 Å². The smallest absolute Gasteiger partial charge is 0.335 e. The van der Waals surface area contributed by atoms with E-state index in [9.17, 15) is 14.1 Å². The second kappa shape index (κ2) is 9.08. The van der Waals surface area contributed by atoms with Crippen molar-refractivity contribution in [3.8, 4) is 0 Å². The van der Waals surface area contributed by atoms with E-state index in [4.69, 9.17) is 9.15 Å². The highest BCUT2D eigenvalue weighted by atomic mass is 32.2. The molecule has 0 aliphatic rings. The van der Waals surface area contributed by atoms with Crippen LogP contribution in [0, 0.1) is 0 Å². The molecule has 1 atom stereocenters. The van der Waals surface area contributed by atoms with E-state index in [1.54, 1.807) is 36.6 Å². The molecule has 1 unspecified atom stereocenters. The highest BCUT2D eigenvalue weighted by Gasteiger charge is 2.18. The number of carboxylic acids is 1. The second-order valence-corrected chi connectivity index (χ2v) is 6.60. The average Bonchev–Trinajstić information content (AvgIpc) is 3.11. The summed E-state index contributed by atoms with van der Waals surface area (Å²) in [4.78, 5) is 12.2. The standard InChI is InChI=1S/C18H20O5S/c1-22-17(13-24(21)15-9-3-2-4-10-15)16(18(19)20)11-5-7-14-8-6-12-23-14/h2-4,6,8-10,12H,5,7,11,13H2,1H3,(H,19,20)/b17-16+. The number of aliphatic carboxylic acids is 1. The maximum absolute atomic E-state index is 12.4. The Morgan fingerprint density at radius 1 is 1.21 bits per heavy atom. The Balaban J connectivity index is 2.07. The molecule has 2 aromatic rings. The van der Waals surface area contributed by atoms with E-state index in [2.05, 4.69) is 0 Å². The van der Waals surface area contributed by atoms with E-state index in [0.29, 0.717) is 24.2 Å². The fourth-order valence-electron chi connectivity index (χ4n) is 2.30. The third kappa shape index (κ3) is 5.09. The number of carboxylic acid groups (broad SMARTS) is 1. The molecule has 24 heavy (non-hydrogen) atoms. The SMILES string of the molecule is CO/C(CS(=O)c1ccccc1)=C(\CCCc1ccco1)C(=O)O. The Bertz CT molecular complexity index is 704. The molecule has 1 aromatic heterocycles. The fourth-order valence-corrected chi connectivity index (χ4v) is 3.46. The van der Waals surface area contributed by atoms with Crippen molar-refractivity contribution in [3.05, 3.63) is 65.8 Å². The van der Waals surface area contributed by atoms with Crippen LogP contribution in [0.4, 0.5) is 0 Å². The van der Waals surface area contributed by atoms with Crippen molar-refractivity contribution in [2.75, 3.05) is 12.9 Å². The van der Waals surface area contributed by atoms with E-state index >= 15 is 0 Å². The molecule has 0 radical (unpaired) electrons. The van der Waals surface area contributed by atoms with Gasteiger partial charge in [0.25, 0.3) is 0 Å². The molecule has 1 heterocycles. The quantitative estimate of drug-likeness (QED) is 0.555. The van der Waals surface area contributed by atoms with Gasteiger partial charge in [0.15, 0.2) is 0 Å². The molecule has 128 valence electrons. The molecule has 2 rings (SSSR count). The molecule has 1 aromatic carbocycles. The monoisotopic (exact) mass is 348 g/mol. The Morgan fingerprint density at radius 2 is 1.96 bits per heavy atom. The zero-order chi connectivity index (χ0) is 17.4. The number of hydrogen-bond donors (Lipinski definition) is 1. The maximum atomic E-state index is 12.4. The van der Waals surface area contributed by atoms with Gasteiger partial charge in [-0.05, 0) is 37.1 Å². The van der Waals surface area contributed by atoms with Gasteiger partial charge in [-0.3, -0.25) is 4.21 Å². The first-order valence-corrected chi connectivity index (χ1v) is 8.89. The Morgan fingerprint density at radius 3 is 2.54 bits per heavy atom. The lowest BCUT2D eigenvalue weighted by Crippen LogP contribution is -2.12. The van der Waals surface area contributed by atoms with E-state index < -0.39 is 16.8 Å². The van der Waals surface area contributed by atoms with Crippen molar-refractivity contribution >= 4 is 16.8 Å². The molecule has 5 nitrogen and oxygen atoms in total. The minimum Gasteiger partial charge on any atom is -0.500 e. The van der Waals surface area contributed by atoms with Crippen molar-refractivity contribution in [2.45, 2.75) is 24.2 Å². The molecule has 1 N–H and O–H groups in total. The van der Waals surface area contributed by atoms with Crippen LogP contribution in [0.5, 0.6) is 0 Å². The largest absolute Gasteiger partial charge is 0.500 e. The van der Waals surface area contributed by atoms with Crippen LogP contribution in [0.2, 0.25) is 0 Å². The Labute approximate surface area is 143 Å². The molecule has 0 spiro atoms. The van der Waals surface area contributed by atoms with Crippen molar-refractivity contribution in [2.24, 2.45) is 0 Å². The van der Waals surface area contributed by atoms with E-state index in [0.717, 1.165) is 5.76 Å². The van der Waals surface area contributed by atoms with E-state index in [1.807, 2.05) is 12.1 Å². The Hall–Kier alpha value is -2.34. The molecule has 0 saturated heterocycles. The zero-order valence-corrected chi connectivity index (χ0v) is 14.3. The van der Waals surface area contributed by atoms with Crippen LogP contribution in [-0.2, 0) is 26.8 Å². The Kier molecular flexibility index (Phi) is 6.81. The molecule has 0 aliphatic carbocycles. The van der Waals surface area contributed by atoms with E-state index in [1.165, 1.54) is 7.11 Å². The lowest BCUT2D eigenvalue weighted by molar-refractivity contribution is -0.133. The van der Waals surface area contributed by atoms with Crippen molar-refractivity contribution < 1.29 is 23.3 Å². The lowest BCUT2D eigenvalue weighted by atomic mass is 10.1. The number of furan rings is 1. The summed E-state index contributed by atoms with van der Waals surface area (Å²) in [7, 11) is 0.0594. The molecular weight excluding hydrogens is 328 g/mol. The number of hydrogen-bond acceptors (Lipinski definition) is 4. The average molecular weight is 348 g/mol. The summed E-state index contributed by atoms with van der Waals surface area (Å²) in [6.45, 7) is 0. The van der Waals surface area contributed by atoms with Gasteiger partial charge in [0.05, 0.1) is 35.5 Å². The third-order valence-electron chi connectivity index (χ3n) is 3.54. The molecular formula is C18H20O5S. The molecule has 0 aliphatic heterocycles. The van der Waals surface area contributed by atoms with Crippen LogP contribution >= 0.6 is 0 Å². The first-order valence-electron chi connectivity index (χ1n) is 7.57. The summed E-state index contributed by atoms with van der Waals surface area (Å²) >= 11 is 0. The number of ether oxygens (including phenoxy) is 1. The second-order valence-electron chi connectivity index (χ2n) is 5.15. The van der Waals surface area contributed by atoms with Gasteiger partial charge in [0.1, 0.15) is 11.5 Å². The summed E-state index contributed by atoms with van der Waals surface area (Å²) in [5, 5.41) is 9.46. The highest BCUT2D eigenvalue weighted by Crippen LogP contribution is 2.18. The van der Waals surface area contributed by atoms with Gasteiger partial charge < -0.3 is 14.3 Å². The lowest BCUT2D eigenvalue weighted by Gasteiger charge is -2.11. The van der Waals surface area contributed by atoms with Gasteiger partial charge in [0.2, 0.25) is 0 Å². The minimum absolute atomic E-state index is 0.0445. The van der Waals surface area contributed by atoms with Crippen molar-refractivity contribution in [1.82, 2.24) is 0 Å². The summed E-state index contributed by atoms with van der Waals surface area (Å²) in [6.07, 6.45) is 3.17. The van der Waals surface area contributed by atoms with Crippen LogP contribution < -0.4 is 0 Å². The molecule has 0 fully saturated rings. The van der Waals surface area contributed by atoms with Gasteiger partial charge in [0, 0.05) is 11.3 Å². The maximum Gasteiger partial charge on any atom is 0.335 e. The molecule has 0 bridgehead atoms. The van der Waals surface area contributed by atoms with Gasteiger partial charge in [-0.25, -0.2) is 4.79 Å². The van der Waals surface area contributed by atoms with E-state index in [-0.39, 0.29) is 17.1 Å². The highest BCUT2D eigenvalue weighted by molar-refractivity contribution is 7.85. The van der Waals surface area contributed by atoms with Gasteiger partial charge in [-0.2, -0.15) is 0 Å². The van der Waals surface area contributed by atoms with Crippen molar-refractivity contribution in [1.29, 1.82) is 0 Å². The van der Waals surface area contributed by atoms with Gasteiger partial charge in [-0.15, -0.1) is 0 Å². The zero-order valence-electron chi connectivity index (χ0n) is 13.4. The third-order valence-corrected chi connectivity index (χ3v) is 4.86. The van der Waals surface area contributed by atoms with Crippen LogP contribution in [0.1, 0.15) is 18.6 Å². The predicted molar refractivity (Wildman–Crippen MR) is 91.0 cm³/mol. The van der Waals surface area contributed by atoms with Crippen LogP contribution in [0.15, 0.2) is 69.4 Å². The van der Waals surface area contributed by atoms with Crippen molar-refractivity contribution in [3.63, 3.8) is 0 Å². The van der Waals surface area contributed by atoms with Gasteiger partial charge in [-0.1, -0.05) is 18.2 Å². The number of carbonyl (C=O) groups is 1.